The van der Waals surface area contributed by atoms with Gasteiger partial charge in [0.25, 0.3) is 0 Å². The molecule has 0 N–H and O–H groups in total. The summed E-state index contributed by atoms with van der Waals surface area (Å²) in [5.41, 5.74) is 5.27. The second-order valence-electron chi connectivity index (χ2n) is 14.5. The Hall–Kier alpha value is -4.57. The number of aromatic nitrogens is 2. The maximum atomic E-state index is 12.8. The van der Waals surface area contributed by atoms with Gasteiger partial charge in [0, 0.05) is 55.4 Å². The Morgan fingerprint density at radius 1 is 1.00 bits per heavy atom. The average molecular weight is 683 g/mol. The number of pyridine rings is 1. The number of likely N-dealkylation sites (N-methyl/N-ethyl adjacent to an activating group) is 2. The Bertz CT molecular complexity index is 1810. The number of carbonyl (C=O) groups is 2. The van der Waals surface area contributed by atoms with Gasteiger partial charge in [0.2, 0.25) is 0 Å². The summed E-state index contributed by atoms with van der Waals surface area (Å²) in [7, 11) is 5.25. The van der Waals surface area contributed by atoms with Crippen molar-refractivity contribution in [1.82, 2.24) is 19.4 Å². The number of methoxy groups -OCH3 is 1. The molecule has 1 saturated carbocycles. The molecular weight excluding hydrogens is 632 g/mol. The van der Waals surface area contributed by atoms with Gasteiger partial charge in [0.15, 0.2) is 0 Å². The first-order valence-corrected chi connectivity index (χ1v) is 17.7. The average Bonchev–Trinajstić information content (AvgIpc) is 3.42. The summed E-state index contributed by atoms with van der Waals surface area (Å²) in [6, 6.07) is 17.8. The van der Waals surface area contributed by atoms with Gasteiger partial charge in [-0.05, 0) is 88.5 Å². The highest BCUT2D eigenvalue weighted by molar-refractivity contribution is 5.99. The van der Waals surface area contributed by atoms with Crippen LogP contribution >= 0.6 is 0 Å². The van der Waals surface area contributed by atoms with Crippen LogP contribution < -0.4 is 9.47 Å². The van der Waals surface area contributed by atoms with E-state index < -0.39 is 5.60 Å². The third-order valence-electron chi connectivity index (χ3n) is 9.80. The number of hydrogen-bond donors (Lipinski definition) is 0. The molecule has 1 aliphatic heterocycles. The second kappa shape index (κ2) is 15.1. The summed E-state index contributed by atoms with van der Waals surface area (Å²) in [5, 5.41) is 1.16. The minimum atomic E-state index is -0.566. The standard InChI is InChI=1S/C40H50N4O6/c1-40(2,3)50-39(46)43(5)21-20-42(4)30-24-44-34-22-28(38(45)47-6)15-17-32(34)36(27-12-8-7-9-13-27)37(44)33-18-16-31(23-35(33)49-26-30)48-25-29-14-10-11-19-41-29/h10-11,14-19,22-23,27,30H,7-9,12-13,20-21,24-26H2,1-6H3/t30-/m1/s1. The second-order valence-corrected chi connectivity index (χ2v) is 14.5. The molecule has 10 heteroatoms. The molecule has 1 amide bonds. The minimum absolute atomic E-state index is 0.0522. The highest BCUT2D eigenvalue weighted by Crippen LogP contribution is 2.48. The summed E-state index contributed by atoms with van der Waals surface area (Å²) >= 11 is 0. The van der Waals surface area contributed by atoms with Crippen molar-refractivity contribution in [3.8, 4) is 22.8 Å². The van der Waals surface area contributed by atoms with Crippen molar-refractivity contribution in [1.29, 1.82) is 0 Å². The number of ether oxygens (including phenoxy) is 4. The van der Waals surface area contributed by atoms with Crippen molar-refractivity contribution in [2.24, 2.45) is 0 Å². The van der Waals surface area contributed by atoms with Crippen molar-refractivity contribution in [3.05, 3.63) is 77.6 Å². The number of rotatable bonds is 9. The van der Waals surface area contributed by atoms with Crippen LogP contribution in [0, 0.1) is 0 Å². The Morgan fingerprint density at radius 2 is 1.80 bits per heavy atom. The summed E-state index contributed by atoms with van der Waals surface area (Å²) in [6.45, 7) is 8.11. The summed E-state index contributed by atoms with van der Waals surface area (Å²) in [4.78, 5) is 33.8. The first-order valence-electron chi connectivity index (χ1n) is 17.7. The molecule has 0 spiro atoms. The van der Waals surface area contributed by atoms with Gasteiger partial charge in [-0.1, -0.05) is 31.4 Å². The number of carbonyl (C=O) groups excluding carboxylic acids is 2. The lowest BCUT2D eigenvalue weighted by Gasteiger charge is -2.33. The van der Waals surface area contributed by atoms with E-state index in [0.717, 1.165) is 46.4 Å². The van der Waals surface area contributed by atoms with E-state index in [1.54, 1.807) is 18.1 Å². The van der Waals surface area contributed by atoms with Crippen molar-refractivity contribution >= 4 is 23.0 Å². The molecule has 1 aliphatic carbocycles. The molecule has 0 bridgehead atoms. The van der Waals surface area contributed by atoms with E-state index in [-0.39, 0.29) is 18.1 Å². The Balaban J connectivity index is 1.41. The predicted molar refractivity (Wildman–Crippen MR) is 194 cm³/mol. The molecule has 1 fully saturated rings. The zero-order valence-corrected chi connectivity index (χ0v) is 30.2. The Labute approximate surface area is 295 Å². The fraction of sp³-hybridized carbons (Fsp3) is 0.475. The molecule has 4 aromatic rings. The lowest BCUT2D eigenvalue weighted by molar-refractivity contribution is 0.0273. The van der Waals surface area contributed by atoms with Crippen LogP contribution in [0.15, 0.2) is 60.8 Å². The summed E-state index contributed by atoms with van der Waals surface area (Å²) in [5.74, 6) is 1.48. The summed E-state index contributed by atoms with van der Waals surface area (Å²) < 4.78 is 26.1. The van der Waals surface area contributed by atoms with E-state index in [2.05, 4.69) is 33.6 Å². The first kappa shape index (κ1) is 35.3. The third-order valence-corrected chi connectivity index (χ3v) is 9.80. The smallest absolute Gasteiger partial charge is 0.410 e. The van der Waals surface area contributed by atoms with Crippen LogP contribution in [0.2, 0.25) is 0 Å². The van der Waals surface area contributed by atoms with E-state index in [1.807, 2.05) is 63.2 Å². The molecule has 3 heterocycles. The number of benzene rings is 2. The van der Waals surface area contributed by atoms with Crippen LogP contribution in [-0.2, 0) is 22.6 Å². The van der Waals surface area contributed by atoms with Gasteiger partial charge in [-0.15, -0.1) is 0 Å². The molecule has 6 rings (SSSR count). The molecule has 2 aliphatic rings. The van der Waals surface area contributed by atoms with Gasteiger partial charge in [-0.3, -0.25) is 9.88 Å². The lowest BCUT2D eigenvalue weighted by atomic mass is 9.81. The lowest BCUT2D eigenvalue weighted by Crippen LogP contribution is -2.45. The van der Waals surface area contributed by atoms with Gasteiger partial charge in [0.1, 0.15) is 30.3 Å². The van der Waals surface area contributed by atoms with Crippen LogP contribution in [0.1, 0.15) is 80.4 Å². The zero-order chi connectivity index (χ0) is 35.4. The van der Waals surface area contributed by atoms with Crippen molar-refractivity contribution in [3.63, 3.8) is 0 Å². The topological polar surface area (TPSA) is 95.4 Å². The van der Waals surface area contributed by atoms with Gasteiger partial charge in [-0.2, -0.15) is 0 Å². The Kier molecular flexibility index (Phi) is 10.7. The molecule has 1 atom stereocenters. The largest absolute Gasteiger partial charge is 0.491 e. The fourth-order valence-electron chi connectivity index (χ4n) is 7.09. The van der Waals surface area contributed by atoms with Gasteiger partial charge >= 0.3 is 12.1 Å². The maximum absolute atomic E-state index is 12.8. The molecule has 0 radical (unpaired) electrons. The van der Waals surface area contributed by atoms with Crippen LogP contribution in [0.4, 0.5) is 4.79 Å². The number of fused-ring (bicyclic) bond motifs is 5. The van der Waals surface area contributed by atoms with E-state index in [4.69, 9.17) is 18.9 Å². The highest BCUT2D eigenvalue weighted by Gasteiger charge is 2.32. The molecule has 0 unspecified atom stereocenters. The molecular formula is C40H50N4O6. The van der Waals surface area contributed by atoms with Crippen LogP contribution in [0.3, 0.4) is 0 Å². The molecule has 10 nitrogen and oxygen atoms in total. The number of hydrogen-bond acceptors (Lipinski definition) is 8. The highest BCUT2D eigenvalue weighted by atomic mass is 16.6. The van der Waals surface area contributed by atoms with Gasteiger partial charge in [0.05, 0.1) is 30.1 Å². The first-order chi connectivity index (χ1) is 24.0. The maximum Gasteiger partial charge on any atom is 0.410 e. The summed E-state index contributed by atoms with van der Waals surface area (Å²) in [6.07, 6.45) is 7.28. The van der Waals surface area contributed by atoms with E-state index >= 15 is 0 Å². The van der Waals surface area contributed by atoms with Gasteiger partial charge < -0.3 is 28.4 Å². The van der Waals surface area contributed by atoms with Gasteiger partial charge in [-0.25, -0.2) is 9.59 Å². The normalized spacial score (nSPS) is 16.5. The van der Waals surface area contributed by atoms with E-state index in [9.17, 15) is 9.59 Å². The van der Waals surface area contributed by atoms with Crippen molar-refractivity contribution in [2.75, 3.05) is 40.9 Å². The minimum Gasteiger partial charge on any atom is -0.491 e. The SMILES string of the molecule is COC(=O)c1ccc2c(C3CCCCC3)c3n(c2c1)C[C@@H](N(C)CCN(C)C(=O)OC(C)(C)C)COc1cc(OCc2ccccn2)ccc1-3. The quantitative estimate of drug-likeness (QED) is 0.166. The molecule has 2 aromatic heterocycles. The van der Waals surface area contributed by atoms with Crippen LogP contribution in [0.5, 0.6) is 11.5 Å². The third kappa shape index (κ3) is 7.91. The molecule has 2 aromatic carbocycles. The molecule has 266 valence electrons. The number of amides is 1. The number of nitrogens with zero attached hydrogens (tertiary/aromatic N) is 4. The molecule has 0 saturated heterocycles. The predicted octanol–water partition coefficient (Wildman–Crippen LogP) is 7.68. The Morgan fingerprint density at radius 3 is 2.52 bits per heavy atom. The van der Waals surface area contributed by atoms with Crippen LogP contribution in [-0.4, -0.2) is 84.0 Å². The van der Waals surface area contributed by atoms with E-state index in [0.29, 0.717) is 50.1 Å². The number of esters is 1. The molecule has 50 heavy (non-hydrogen) atoms. The monoisotopic (exact) mass is 682 g/mol. The zero-order valence-electron chi connectivity index (χ0n) is 30.2. The fourth-order valence-corrected chi connectivity index (χ4v) is 7.09. The van der Waals surface area contributed by atoms with E-state index in [1.165, 1.54) is 31.9 Å². The van der Waals surface area contributed by atoms with Crippen molar-refractivity contribution < 1.29 is 28.5 Å². The van der Waals surface area contributed by atoms with Crippen molar-refractivity contribution in [2.45, 2.75) is 83.6 Å². The van der Waals surface area contributed by atoms with Crippen LogP contribution in [0.25, 0.3) is 22.2 Å².